The highest BCUT2D eigenvalue weighted by molar-refractivity contribution is 7.09. The molecule has 1 aromatic heterocycles. The Labute approximate surface area is 126 Å². The lowest BCUT2D eigenvalue weighted by atomic mass is 10.1. The van der Waals surface area contributed by atoms with Gasteiger partial charge in [-0.15, -0.1) is 11.3 Å². The van der Waals surface area contributed by atoms with E-state index in [0.29, 0.717) is 31.0 Å². The van der Waals surface area contributed by atoms with Crippen LogP contribution in [0.15, 0.2) is 29.6 Å². The zero-order valence-corrected chi connectivity index (χ0v) is 12.2. The average Bonchev–Trinajstić information content (AvgIpc) is 3.17. The molecule has 1 saturated heterocycles. The van der Waals surface area contributed by atoms with Gasteiger partial charge in [0.2, 0.25) is 5.91 Å². The minimum atomic E-state index is -0.290. The van der Waals surface area contributed by atoms with Gasteiger partial charge in [0, 0.05) is 17.6 Å². The summed E-state index contributed by atoms with van der Waals surface area (Å²) >= 11 is 1.41. The van der Waals surface area contributed by atoms with Crippen molar-refractivity contribution in [2.24, 2.45) is 5.92 Å². The fourth-order valence-electron chi connectivity index (χ4n) is 2.23. The number of rotatable bonds is 4. The molecular weight excluding hydrogens is 291 g/mol. The number of hydrogen-bond donors (Lipinski definition) is 1. The average molecular weight is 306 g/mol. The van der Waals surface area contributed by atoms with Gasteiger partial charge >= 0.3 is 0 Å². The number of halogens is 1. The molecule has 21 heavy (non-hydrogen) atoms. The van der Waals surface area contributed by atoms with Crippen LogP contribution in [0.3, 0.4) is 0 Å². The molecule has 6 heteroatoms. The Kier molecular flexibility index (Phi) is 4.26. The molecule has 1 aliphatic rings. The second kappa shape index (κ2) is 6.32. The van der Waals surface area contributed by atoms with Crippen LogP contribution in [0.25, 0.3) is 11.3 Å². The van der Waals surface area contributed by atoms with E-state index in [2.05, 4.69) is 10.3 Å². The van der Waals surface area contributed by atoms with Gasteiger partial charge in [0.1, 0.15) is 10.8 Å². The Bertz CT molecular complexity index is 638. The molecule has 1 N–H and O–H groups in total. The van der Waals surface area contributed by atoms with E-state index in [0.717, 1.165) is 11.4 Å². The lowest BCUT2D eigenvalue weighted by Crippen LogP contribution is -2.30. The minimum absolute atomic E-state index is 0.00450. The molecule has 1 aliphatic heterocycles. The second-order valence-electron chi connectivity index (χ2n) is 4.88. The van der Waals surface area contributed by atoms with E-state index in [1.54, 1.807) is 23.6 Å². The Hall–Kier alpha value is -1.79. The zero-order chi connectivity index (χ0) is 14.7. The van der Waals surface area contributed by atoms with E-state index >= 15 is 0 Å². The van der Waals surface area contributed by atoms with Gasteiger partial charge in [-0.25, -0.2) is 9.37 Å². The molecule has 1 aromatic carbocycles. The highest BCUT2D eigenvalue weighted by Crippen LogP contribution is 2.24. The molecule has 1 amide bonds. The summed E-state index contributed by atoms with van der Waals surface area (Å²) in [6, 6.07) is 6.54. The van der Waals surface area contributed by atoms with Crippen LogP contribution in [0, 0.1) is 11.7 Å². The van der Waals surface area contributed by atoms with Crippen LogP contribution in [0.5, 0.6) is 0 Å². The summed E-state index contributed by atoms with van der Waals surface area (Å²) in [5.41, 5.74) is 1.09. The van der Waals surface area contributed by atoms with E-state index in [-0.39, 0.29) is 17.6 Å². The van der Waals surface area contributed by atoms with E-state index in [1.807, 2.05) is 0 Å². The van der Waals surface area contributed by atoms with E-state index in [9.17, 15) is 9.18 Å². The first kappa shape index (κ1) is 14.2. The number of hydrogen-bond acceptors (Lipinski definition) is 4. The molecule has 0 radical (unpaired) electrons. The molecule has 2 aromatic rings. The Morgan fingerprint density at radius 3 is 3.10 bits per heavy atom. The highest BCUT2D eigenvalue weighted by Gasteiger charge is 2.23. The van der Waals surface area contributed by atoms with Gasteiger partial charge < -0.3 is 10.1 Å². The van der Waals surface area contributed by atoms with Crippen LogP contribution in [0.2, 0.25) is 0 Å². The van der Waals surface area contributed by atoms with Crippen molar-refractivity contribution in [1.29, 1.82) is 0 Å². The zero-order valence-electron chi connectivity index (χ0n) is 11.3. The molecule has 0 spiro atoms. The summed E-state index contributed by atoms with van der Waals surface area (Å²) in [6.45, 7) is 1.51. The van der Waals surface area contributed by atoms with Gasteiger partial charge in [-0.3, -0.25) is 4.79 Å². The Balaban J connectivity index is 1.63. The van der Waals surface area contributed by atoms with E-state index < -0.39 is 0 Å². The third-order valence-electron chi connectivity index (χ3n) is 3.42. The Morgan fingerprint density at radius 2 is 2.33 bits per heavy atom. The summed E-state index contributed by atoms with van der Waals surface area (Å²) in [5, 5.41) is 5.42. The van der Waals surface area contributed by atoms with Gasteiger partial charge in [0.15, 0.2) is 0 Å². The number of nitrogens with zero attached hydrogens (tertiary/aromatic N) is 1. The van der Waals surface area contributed by atoms with E-state index in [4.69, 9.17) is 4.74 Å². The van der Waals surface area contributed by atoms with Crippen LogP contribution in [0.1, 0.15) is 11.4 Å². The Morgan fingerprint density at radius 1 is 1.48 bits per heavy atom. The fraction of sp³-hybridized carbons (Fsp3) is 0.333. The molecule has 0 bridgehead atoms. The quantitative estimate of drug-likeness (QED) is 0.944. The number of amides is 1. The maximum atomic E-state index is 13.7. The summed E-state index contributed by atoms with van der Waals surface area (Å²) < 4.78 is 18.9. The van der Waals surface area contributed by atoms with Crippen molar-refractivity contribution in [3.8, 4) is 11.3 Å². The molecule has 1 atom stereocenters. The largest absolute Gasteiger partial charge is 0.381 e. The number of carbonyl (C=O) groups excluding carboxylic acids is 1. The number of thiazole rings is 1. The minimum Gasteiger partial charge on any atom is -0.381 e. The van der Waals surface area contributed by atoms with Gasteiger partial charge in [-0.1, -0.05) is 12.1 Å². The smallest absolute Gasteiger partial charge is 0.225 e. The molecule has 4 nitrogen and oxygen atoms in total. The van der Waals surface area contributed by atoms with Crippen molar-refractivity contribution in [2.45, 2.75) is 13.0 Å². The maximum absolute atomic E-state index is 13.7. The number of ether oxygens (including phenoxy) is 1. The lowest BCUT2D eigenvalue weighted by Gasteiger charge is -2.07. The number of aromatic nitrogens is 1. The van der Waals surface area contributed by atoms with Gasteiger partial charge in [-0.2, -0.15) is 0 Å². The van der Waals surface area contributed by atoms with Crippen molar-refractivity contribution >= 4 is 17.2 Å². The maximum Gasteiger partial charge on any atom is 0.225 e. The molecule has 1 fully saturated rings. The topological polar surface area (TPSA) is 51.2 Å². The molecule has 0 aliphatic carbocycles. The number of benzene rings is 1. The number of carbonyl (C=O) groups is 1. The van der Waals surface area contributed by atoms with Gasteiger partial charge in [0.25, 0.3) is 0 Å². The second-order valence-corrected chi connectivity index (χ2v) is 5.83. The molecule has 0 saturated carbocycles. The first-order valence-corrected chi connectivity index (χ1v) is 7.67. The molecule has 3 rings (SSSR count). The van der Waals surface area contributed by atoms with Gasteiger partial charge in [-0.05, 0) is 18.6 Å². The summed E-state index contributed by atoms with van der Waals surface area (Å²) in [4.78, 5) is 16.2. The summed E-state index contributed by atoms with van der Waals surface area (Å²) in [7, 11) is 0. The SMILES string of the molecule is O=C(NCc1nc(-c2ccccc2F)cs1)[C@H]1CCOC1. The van der Waals surface area contributed by atoms with Crippen molar-refractivity contribution in [1.82, 2.24) is 10.3 Å². The standard InChI is InChI=1S/C15H15FN2O2S/c16-12-4-2-1-3-11(12)13-9-21-14(18-13)7-17-15(19)10-5-6-20-8-10/h1-4,9-10H,5-8H2,(H,17,19)/t10-/m0/s1. The monoisotopic (exact) mass is 306 g/mol. The first-order chi connectivity index (χ1) is 10.2. The molecule has 2 heterocycles. The van der Waals surface area contributed by atoms with Crippen LogP contribution < -0.4 is 5.32 Å². The number of nitrogens with one attached hydrogen (secondary N) is 1. The fourth-order valence-corrected chi connectivity index (χ4v) is 2.97. The highest BCUT2D eigenvalue weighted by atomic mass is 32.1. The molecular formula is C15H15FN2O2S. The van der Waals surface area contributed by atoms with Crippen molar-refractivity contribution in [3.05, 3.63) is 40.5 Å². The van der Waals surface area contributed by atoms with Crippen LogP contribution >= 0.6 is 11.3 Å². The summed E-state index contributed by atoms with van der Waals surface area (Å²) in [5.74, 6) is -0.354. The normalized spacial score (nSPS) is 17.9. The summed E-state index contributed by atoms with van der Waals surface area (Å²) in [6.07, 6.45) is 0.768. The van der Waals surface area contributed by atoms with Crippen molar-refractivity contribution in [3.63, 3.8) is 0 Å². The van der Waals surface area contributed by atoms with Crippen LogP contribution in [0.4, 0.5) is 4.39 Å². The third kappa shape index (κ3) is 3.28. The third-order valence-corrected chi connectivity index (χ3v) is 4.26. The lowest BCUT2D eigenvalue weighted by molar-refractivity contribution is -0.125. The van der Waals surface area contributed by atoms with Crippen molar-refractivity contribution in [2.75, 3.05) is 13.2 Å². The van der Waals surface area contributed by atoms with Gasteiger partial charge in [0.05, 0.1) is 24.8 Å². The molecule has 0 unspecified atom stereocenters. The van der Waals surface area contributed by atoms with Crippen LogP contribution in [-0.2, 0) is 16.1 Å². The van der Waals surface area contributed by atoms with Crippen LogP contribution in [-0.4, -0.2) is 24.1 Å². The van der Waals surface area contributed by atoms with E-state index in [1.165, 1.54) is 17.4 Å². The first-order valence-electron chi connectivity index (χ1n) is 6.79. The predicted molar refractivity (Wildman–Crippen MR) is 78.3 cm³/mol. The predicted octanol–water partition coefficient (Wildman–Crippen LogP) is 2.60. The molecule has 110 valence electrons. The van der Waals surface area contributed by atoms with Crippen molar-refractivity contribution < 1.29 is 13.9 Å².